The molecule has 25 heavy (non-hydrogen) atoms. The van der Waals surface area contributed by atoms with Gasteiger partial charge in [-0.15, -0.1) is 0 Å². The van der Waals surface area contributed by atoms with Crippen molar-refractivity contribution in [3.8, 4) is 5.75 Å². The molecule has 0 bridgehead atoms. The predicted octanol–water partition coefficient (Wildman–Crippen LogP) is 2.09. The zero-order chi connectivity index (χ0) is 17.5. The van der Waals surface area contributed by atoms with Crippen molar-refractivity contribution in [3.63, 3.8) is 0 Å². The highest BCUT2D eigenvalue weighted by Gasteiger charge is 2.17. The van der Waals surface area contributed by atoms with Gasteiger partial charge in [0.15, 0.2) is 0 Å². The second-order valence-electron chi connectivity index (χ2n) is 5.84. The Morgan fingerprint density at radius 2 is 2.12 bits per heavy atom. The molecule has 1 saturated heterocycles. The van der Waals surface area contributed by atoms with Crippen LogP contribution in [0.5, 0.6) is 5.75 Å². The van der Waals surface area contributed by atoms with Crippen LogP contribution in [0.2, 0.25) is 0 Å². The van der Waals surface area contributed by atoms with Crippen molar-refractivity contribution in [3.05, 3.63) is 48.0 Å². The van der Waals surface area contributed by atoms with E-state index in [1.54, 1.807) is 17.4 Å². The molecule has 2 heterocycles. The molecule has 1 fully saturated rings. The molecule has 0 radical (unpaired) electrons. The number of aromatic nitrogens is 2. The fraction of sp³-hybridized carbons (Fsp3) is 0.444. The lowest BCUT2D eigenvalue weighted by atomic mass is 10.1. The molecule has 0 saturated carbocycles. The Hall–Kier alpha value is -2.54. The van der Waals surface area contributed by atoms with Gasteiger partial charge in [-0.25, -0.2) is 9.78 Å². The average molecular weight is 345 g/mol. The first kappa shape index (κ1) is 17.3. The topological polar surface area (TPSA) is 65.8 Å². The van der Waals surface area contributed by atoms with E-state index < -0.39 is 0 Å². The normalized spacial score (nSPS) is 14.4. The number of amides is 1. The van der Waals surface area contributed by atoms with Crippen LogP contribution in [0.25, 0.3) is 0 Å². The van der Waals surface area contributed by atoms with Gasteiger partial charge in [0.25, 0.3) is 0 Å². The average Bonchev–Trinajstić information content (AvgIpc) is 3.15. The van der Waals surface area contributed by atoms with E-state index in [4.69, 9.17) is 14.2 Å². The molecular formula is C18H23N3O4. The highest BCUT2D eigenvalue weighted by atomic mass is 16.6. The summed E-state index contributed by atoms with van der Waals surface area (Å²) in [7, 11) is 0. The Morgan fingerprint density at radius 1 is 1.28 bits per heavy atom. The summed E-state index contributed by atoms with van der Waals surface area (Å²) in [6, 6.07) is 5.96. The van der Waals surface area contributed by atoms with Crippen LogP contribution in [0.4, 0.5) is 4.79 Å². The number of carbonyl (C=O) groups excluding carboxylic acids is 1. The molecule has 134 valence electrons. The molecule has 1 aliphatic heterocycles. The van der Waals surface area contributed by atoms with Gasteiger partial charge < -0.3 is 23.7 Å². The van der Waals surface area contributed by atoms with Crippen molar-refractivity contribution < 1.29 is 19.0 Å². The summed E-state index contributed by atoms with van der Waals surface area (Å²) in [6.45, 7) is 5.61. The number of hydrogen-bond donors (Lipinski definition) is 0. The lowest BCUT2D eigenvalue weighted by Crippen LogP contribution is -2.41. The number of nitrogens with zero attached hydrogens (tertiary/aromatic N) is 3. The zero-order valence-corrected chi connectivity index (χ0v) is 14.4. The van der Waals surface area contributed by atoms with E-state index in [9.17, 15) is 4.79 Å². The van der Waals surface area contributed by atoms with Crippen LogP contribution in [0.3, 0.4) is 0 Å². The predicted molar refractivity (Wildman–Crippen MR) is 91.7 cm³/mol. The minimum absolute atomic E-state index is 0.224. The third kappa shape index (κ3) is 4.73. The maximum absolute atomic E-state index is 11.9. The Labute approximate surface area is 147 Å². The van der Waals surface area contributed by atoms with Crippen molar-refractivity contribution in [2.45, 2.75) is 13.5 Å². The molecule has 3 rings (SSSR count). The molecule has 0 N–H and O–H groups in total. The fourth-order valence-corrected chi connectivity index (χ4v) is 2.68. The molecule has 0 atom stereocenters. The summed E-state index contributed by atoms with van der Waals surface area (Å²) in [4.78, 5) is 17.6. The van der Waals surface area contributed by atoms with Crippen LogP contribution < -0.4 is 4.74 Å². The molecular weight excluding hydrogens is 322 g/mol. The number of morpholine rings is 1. The van der Waals surface area contributed by atoms with Gasteiger partial charge >= 0.3 is 6.09 Å². The first-order chi connectivity index (χ1) is 12.2. The van der Waals surface area contributed by atoms with Crippen molar-refractivity contribution in [2.24, 2.45) is 0 Å². The van der Waals surface area contributed by atoms with Gasteiger partial charge in [-0.2, -0.15) is 0 Å². The number of imidazole rings is 1. The minimum atomic E-state index is -0.308. The van der Waals surface area contributed by atoms with Crippen molar-refractivity contribution in [1.82, 2.24) is 14.5 Å². The van der Waals surface area contributed by atoms with Gasteiger partial charge in [-0.05, 0) is 24.1 Å². The molecule has 1 aromatic heterocycles. The molecule has 0 aliphatic carbocycles. The second kappa shape index (κ2) is 8.53. The van der Waals surface area contributed by atoms with Gasteiger partial charge in [-0.1, -0.05) is 12.1 Å². The molecule has 2 aromatic rings. The molecule has 1 aliphatic rings. The summed E-state index contributed by atoms with van der Waals surface area (Å²) in [5.74, 6) is 0.806. The first-order valence-electron chi connectivity index (χ1n) is 8.40. The summed E-state index contributed by atoms with van der Waals surface area (Å²) in [5, 5.41) is 0. The van der Waals surface area contributed by atoms with E-state index in [2.05, 4.69) is 11.1 Å². The van der Waals surface area contributed by atoms with Gasteiger partial charge in [0, 0.05) is 32.0 Å². The Bertz CT molecular complexity index is 682. The lowest BCUT2D eigenvalue weighted by Gasteiger charge is -2.25. The largest absolute Gasteiger partial charge is 0.490 e. The third-order valence-electron chi connectivity index (χ3n) is 4.14. The van der Waals surface area contributed by atoms with Crippen LogP contribution >= 0.6 is 0 Å². The number of ether oxygens (including phenoxy) is 3. The second-order valence-corrected chi connectivity index (χ2v) is 5.84. The first-order valence-corrected chi connectivity index (χ1v) is 8.40. The van der Waals surface area contributed by atoms with Crippen LogP contribution in [-0.2, 0) is 16.0 Å². The molecule has 1 aromatic carbocycles. The zero-order valence-electron chi connectivity index (χ0n) is 14.4. The quantitative estimate of drug-likeness (QED) is 0.750. The Balaban J connectivity index is 1.47. The summed E-state index contributed by atoms with van der Waals surface area (Å²) in [5.41, 5.74) is 2.25. The molecule has 0 spiro atoms. The van der Waals surface area contributed by atoms with E-state index in [0.717, 1.165) is 17.9 Å². The van der Waals surface area contributed by atoms with Crippen LogP contribution in [-0.4, -0.2) is 60.1 Å². The van der Waals surface area contributed by atoms with E-state index in [0.29, 0.717) is 32.9 Å². The smallest absolute Gasteiger partial charge is 0.410 e. The number of hydrogen-bond acceptors (Lipinski definition) is 5. The van der Waals surface area contributed by atoms with Crippen molar-refractivity contribution in [1.29, 1.82) is 0 Å². The Morgan fingerprint density at radius 3 is 2.88 bits per heavy atom. The maximum atomic E-state index is 11.9. The standard InChI is InChI=1S/C18H23N3O4/c1-15-16(13-20-6-5-19-14-20)3-2-4-17(15)24-11-12-25-18(22)21-7-9-23-10-8-21/h2-6,14H,7-13H2,1H3. The lowest BCUT2D eigenvalue weighted by molar-refractivity contribution is 0.0239. The van der Waals surface area contributed by atoms with E-state index in [-0.39, 0.29) is 12.7 Å². The van der Waals surface area contributed by atoms with Gasteiger partial charge in [0.2, 0.25) is 0 Å². The van der Waals surface area contributed by atoms with Gasteiger partial charge in [0.05, 0.1) is 19.5 Å². The maximum Gasteiger partial charge on any atom is 0.410 e. The number of rotatable bonds is 6. The van der Waals surface area contributed by atoms with Crippen molar-refractivity contribution >= 4 is 6.09 Å². The molecule has 1 amide bonds. The summed E-state index contributed by atoms with van der Waals surface area (Å²) < 4.78 is 18.3. The monoisotopic (exact) mass is 345 g/mol. The van der Waals surface area contributed by atoms with Gasteiger partial charge in [-0.3, -0.25) is 0 Å². The number of carbonyl (C=O) groups is 1. The van der Waals surface area contributed by atoms with E-state index >= 15 is 0 Å². The SMILES string of the molecule is Cc1c(Cn2ccnc2)cccc1OCCOC(=O)N1CCOCC1. The van der Waals surface area contributed by atoms with Gasteiger partial charge in [0.1, 0.15) is 19.0 Å². The van der Waals surface area contributed by atoms with E-state index in [1.165, 1.54) is 5.56 Å². The Kier molecular flexibility index (Phi) is 5.90. The molecule has 7 heteroatoms. The van der Waals surface area contributed by atoms with Crippen LogP contribution in [0.1, 0.15) is 11.1 Å². The summed E-state index contributed by atoms with van der Waals surface area (Å²) in [6.07, 6.45) is 5.17. The van der Waals surface area contributed by atoms with Crippen LogP contribution in [0, 0.1) is 6.92 Å². The summed E-state index contributed by atoms with van der Waals surface area (Å²) >= 11 is 0. The highest BCUT2D eigenvalue weighted by Crippen LogP contribution is 2.22. The minimum Gasteiger partial charge on any atom is -0.490 e. The van der Waals surface area contributed by atoms with Crippen LogP contribution in [0.15, 0.2) is 36.9 Å². The van der Waals surface area contributed by atoms with Crippen molar-refractivity contribution in [2.75, 3.05) is 39.5 Å². The molecule has 7 nitrogen and oxygen atoms in total. The van der Waals surface area contributed by atoms with E-state index in [1.807, 2.05) is 29.8 Å². The fourth-order valence-electron chi connectivity index (χ4n) is 2.68. The molecule has 0 unspecified atom stereocenters. The third-order valence-corrected chi connectivity index (χ3v) is 4.14. The number of benzene rings is 1. The highest BCUT2D eigenvalue weighted by molar-refractivity contribution is 5.67.